The number of hydrogen-bond acceptors (Lipinski definition) is 3. The van der Waals surface area contributed by atoms with Gasteiger partial charge in [-0.05, 0) is 23.8 Å². The summed E-state index contributed by atoms with van der Waals surface area (Å²) < 4.78 is 0.866. The standard InChI is InChI=1S/C12H14BrN3O2/c1-15-6-12(18)16(7-11(15)17)5-8-2-9(13)4-10(14)3-8/h2-4H,5-7,14H2,1H3. The van der Waals surface area contributed by atoms with Gasteiger partial charge in [-0.1, -0.05) is 15.9 Å². The fourth-order valence-electron chi connectivity index (χ4n) is 1.89. The molecule has 0 spiro atoms. The Kier molecular flexibility index (Phi) is 3.56. The number of piperazine rings is 1. The van der Waals surface area contributed by atoms with Crippen molar-refractivity contribution in [2.75, 3.05) is 25.9 Å². The van der Waals surface area contributed by atoms with E-state index in [2.05, 4.69) is 15.9 Å². The fourth-order valence-corrected chi connectivity index (χ4v) is 2.45. The molecule has 0 bridgehead atoms. The summed E-state index contributed by atoms with van der Waals surface area (Å²) in [6.45, 7) is 0.673. The third-order valence-electron chi connectivity index (χ3n) is 2.83. The molecule has 1 fully saturated rings. The largest absolute Gasteiger partial charge is 0.399 e. The van der Waals surface area contributed by atoms with Crippen molar-refractivity contribution in [3.8, 4) is 0 Å². The normalized spacial score (nSPS) is 16.3. The van der Waals surface area contributed by atoms with Crippen molar-refractivity contribution < 1.29 is 9.59 Å². The predicted octanol–water partition coefficient (Wildman–Crippen LogP) is 0.832. The van der Waals surface area contributed by atoms with Crippen LogP contribution in [0, 0.1) is 0 Å². The highest BCUT2D eigenvalue weighted by molar-refractivity contribution is 9.10. The zero-order valence-electron chi connectivity index (χ0n) is 10.0. The molecule has 0 atom stereocenters. The maximum Gasteiger partial charge on any atom is 0.242 e. The summed E-state index contributed by atoms with van der Waals surface area (Å²) in [5.74, 6) is -0.0896. The molecule has 2 amide bonds. The van der Waals surface area contributed by atoms with Gasteiger partial charge < -0.3 is 15.5 Å². The smallest absolute Gasteiger partial charge is 0.242 e. The Morgan fingerprint density at radius 2 is 1.94 bits per heavy atom. The molecule has 0 unspecified atom stereocenters. The van der Waals surface area contributed by atoms with E-state index in [0.717, 1.165) is 10.0 Å². The molecule has 0 aromatic heterocycles. The molecular weight excluding hydrogens is 298 g/mol. The summed E-state index contributed by atoms with van der Waals surface area (Å²) in [6.07, 6.45) is 0. The first-order valence-corrected chi connectivity index (χ1v) is 6.31. The van der Waals surface area contributed by atoms with Gasteiger partial charge in [-0.2, -0.15) is 0 Å². The lowest BCUT2D eigenvalue weighted by Gasteiger charge is -2.31. The maximum absolute atomic E-state index is 11.8. The summed E-state index contributed by atoms with van der Waals surface area (Å²) in [4.78, 5) is 26.4. The van der Waals surface area contributed by atoms with Crippen LogP contribution in [0.25, 0.3) is 0 Å². The van der Waals surface area contributed by atoms with Gasteiger partial charge in [0.1, 0.15) is 6.54 Å². The van der Waals surface area contributed by atoms with Crippen LogP contribution in [0.1, 0.15) is 5.56 Å². The first-order valence-electron chi connectivity index (χ1n) is 5.52. The molecule has 0 radical (unpaired) electrons. The molecule has 1 aromatic rings. The number of carbonyl (C=O) groups is 2. The van der Waals surface area contributed by atoms with Crippen LogP contribution in [0.3, 0.4) is 0 Å². The van der Waals surface area contributed by atoms with Crippen molar-refractivity contribution in [2.45, 2.75) is 6.54 Å². The van der Waals surface area contributed by atoms with Crippen molar-refractivity contribution >= 4 is 33.4 Å². The Bertz CT molecular complexity index is 484. The summed E-state index contributed by atoms with van der Waals surface area (Å²) >= 11 is 3.36. The number of halogens is 1. The van der Waals surface area contributed by atoms with E-state index >= 15 is 0 Å². The van der Waals surface area contributed by atoms with Crippen molar-refractivity contribution in [3.05, 3.63) is 28.2 Å². The summed E-state index contributed by atoms with van der Waals surface area (Å²) in [5.41, 5.74) is 7.28. The first-order chi connectivity index (χ1) is 8.45. The first kappa shape index (κ1) is 12.9. The Balaban J connectivity index is 2.13. The number of benzene rings is 1. The maximum atomic E-state index is 11.8. The Morgan fingerprint density at radius 3 is 2.61 bits per heavy atom. The quantitative estimate of drug-likeness (QED) is 0.823. The summed E-state index contributed by atoms with van der Waals surface area (Å²) in [7, 11) is 1.63. The molecule has 1 aliphatic heterocycles. The summed E-state index contributed by atoms with van der Waals surface area (Å²) in [6, 6.07) is 5.49. The van der Waals surface area contributed by atoms with Gasteiger partial charge in [-0.25, -0.2) is 0 Å². The zero-order valence-corrected chi connectivity index (χ0v) is 11.6. The minimum atomic E-state index is -0.0457. The van der Waals surface area contributed by atoms with E-state index in [-0.39, 0.29) is 24.9 Å². The second kappa shape index (κ2) is 4.97. The molecule has 5 nitrogen and oxygen atoms in total. The van der Waals surface area contributed by atoms with E-state index in [0.29, 0.717) is 12.2 Å². The van der Waals surface area contributed by atoms with E-state index < -0.39 is 0 Å². The highest BCUT2D eigenvalue weighted by Crippen LogP contribution is 2.19. The molecule has 96 valence electrons. The fraction of sp³-hybridized carbons (Fsp3) is 0.333. The second-order valence-corrected chi connectivity index (χ2v) is 5.31. The molecule has 1 heterocycles. The van der Waals surface area contributed by atoms with Crippen molar-refractivity contribution in [2.24, 2.45) is 0 Å². The topological polar surface area (TPSA) is 66.6 Å². The number of likely N-dealkylation sites (N-methyl/N-ethyl adjacent to an activating group) is 1. The van der Waals surface area contributed by atoms with Crippen LogP contribution in [0.2, 0.25) is 0 Å². The van der Waals surface area contributed by atoms with E-state index in [1.54, 1.807) is 24.1 Å². The highest BCUT2D eigenvalue weighted by atomic mass is 79.9. The number of rotatable bonds is 2. The minimum absolute atomic E-state index is 0.0439. The Hall–Kier alpha value is -1.56. The van der Waals surface area contributed by atoms with Crippen molar-refractivity contribution in [3.63, 3.8) is 0 Å². The van der Waals surface area contributed by atoms with Gasteiger partial charge in [0, 0.05) is 23.8 Å². The van der Waals surface area contributed by atoms with Gasteiger partial charge in [-0.15, -0.1) is 0 Å². The van der Waals surface area contributed by atoms with Crippen LogP contribution in [0.4, 0.5) is 5.69 Å². The molecule has 0 aliphatic carbocycles. The molecule has 1 saturated heterocycles. The number of carbonyl (C=O) groups excluding carboxylic acids is 2. The number of nitrogens with zero attached hydrogens (tertiary/aromatic N) is 2. The van der Waals surface area contributed by atoms with Crippen molar-refractivity contribution in [1.82, 2.24) is 9.80 Å². The Morgan fingerprint density at radius 1 is 1.22 bits per heavy atom. The van der Waals surface area contributed by atoms with E-state index in [1.807, 2.05) is 6.07 Å². The third kappa shape index (κ3) is 2.81. The SMILES string of the molecule is CN1CC(=O)N(Cc2cc(N)cc(Br)c2)CC1=O. The molecule has 1 aromatic carbocycles. The van der Waals surface area contributed by atoms with Gasteiger partial charge in [0.05, 0.1) is 6.54 Å². The highest BCUT2D eigenvalue weighted by Gasteiger charge is 2.27. The molecule has 2 N–H and O–H groups in total. The minimum Gasteiger partial charge on any atom is -0.399 e. The average molecular weight is 312 g/mol. The van der Waals surface area contributed by atoms with Gasteiger partial charge in [0.25, 0.3) is 0 Å². The van der Waals surface area contributed by atoms with Crippen LogP contribution in [0.15, 0.2) is 22.7 Å². The van der Waals surface area contributed by atoms with Crippen LogP contribution >= 0.6 is 15.9 Å². The summed E-state index contributed by atoms with van der Waals surface area (Å²) in [5, 5.41) is 0. The van der Waals surface area contributed by atoms with E-state index in [1.165, 1.54) is 4.90 Å². The molecule has 6 heteroatoms. The lowest BCUT2D eigenvalue weighted by Crippen LogP contribution is -2.51. The third-order valence-corrected chi connectivity index (χ3v) is 3.29. The van der Waals surface area contributed by atoms with Gasteiger partial charge in [0.2, 0.25) is 11.8 Å². The van der Waals surface area contributed by atoms with Gasteiger partial charge in [0.15, 0.2) is 0 Å². The molecule has 0 saturated carbocycles. The number of anilines is 1. The number of hydrogen-bond donors (Lipinski definition) is 1. The predicted molar refractivity (Wildman–Crippen MR) is 71.6 cm³/mol. The average Bonchev–Trinajstić information content (AvgIpc) is 2.24. The monoisotopic (exact) mass is 311 g/mol. The number of nitrogens with two attached hydrogens (primary N) is 1. The Labute approximate surface area is 114 Å². The second-order valence-electron chi connectivity index (χ2n) is 4.39. The van der Waals surface area contributed by atoms with Crippen LogP contribution < -0.4 is 5.73 Å². The number of nitrogen functional groups attached to an aromatic ring is 1. The van der Waals surface area contributed by atoms with Gasteiger partial charge in [-0.3, -0.25) is 9.59 Å². The molecular formula is C12H14BrN3O2. The molecule has 18 heavy (non-hydrogen) atoms. The lowest BCUT2D eigenvalue weighted by atomic mass is 10.1. The van der Waals surface area contributed by atoms with Crippen molar-refractivity contribution in [1.29, 1.82) is 0 Å². The van der Waals surface area contributed by atoms with E-state index in [4.69, 9.17) is 5.73 Å². The van der Waals surface area contributed by atoms with Crippen LogP contribution in [0.5, 0.6) is 0 Å². The van der Waals surface area contributed by atoms with Crippen LogP contribution in [-0.2, 0) is 16.1 Å². The lowest BCUT2D eigenvalue weighted by molar-refractivity contribution is -0.149. The molecule has 1 aliphatic rings. The molecule has 2 rings (SSSR count). The number of amides is 2. The van der Waals surface area contributed by atoms with Gasteiger partial charge >= 0.3 is 0 Å². The van der Waals surface area contributed by atoms with E-state index in [9.17, 15) is 9.59 Å². The zero-order chi connectivity index (χ0) is 13.3. The van der Waals surface area contributed by atoms with Crippen LogP contribution in [-0.4, -0.2) is 41.8 Å².